The Labute approximate surface area is 103 Å². The molecular weight excluding hydrogens is 216 g/mol. The van der Waals surface area contributed by atoms with Gasteiger partial charge in [0.25, 0.3) is 0 Å². The van der Waals surface area contributed by atoms with E-state index in [1.165, 1.54) is 0 Å². The van der Waals surface area contributed by atoms with Crippen LogP contribution in [0.3, 0.4) is 0 Å². The lowest BCUT2D eigenvalue weighted by Gasteiger charge is -2.20. The summed E-state index contributed by atoms with van der Waals surface area (Å²) in [5.41, 5.74) is -0.180. The van der Waals surface area contributed by atoms with Crippen molar-refractivity contribution in [2.24, 2.45) is 0 Å². The van der Waals surface area contributed by atoms with Crippen molar-refractivity contribution in [1.29, 1.82) is 0 Å². The van der Waals surface area contributed by atoms with Crippen molar-refractivity contribution in [3.05, 3.63) is 18.7 Å². The van der Waals surface area contributed by atoms with Crippen LogP contribution in [0.2, 0.25) is 0 Å². The van der Waals surface area contributed by atoms with Crippen LogP contribution in [0.1, 0.15) is 33.6 Å². The summed E-state index contributed by atoms with van der Waals surface area (Å²) in [7, 11) is 0. The van der Waals surface area contributed by atoms with E-state index in [4.69, 9.17) is 0 Å². The fourth-order valence-electron chi connectivity index (χ4n) is 1.43. The molecule has 96 valence electrons. The van der Waals surface area contributed by atoms with E-state index in [0.717, 1.165) is 19.4 Å². The summed E-state index contributed by atoms with van der Waals surface area (Å²) in [6.07, 6.45) is 7.52. The number of imidazole rings is 1. The molecule has 0 radical (unpaired) electrons. The highest BCUT2D eigenvalue weighted by Crippen LogP contribution is 1.98. The summed E-state index contributed by atoms with van der Waals surface area (Å²) in [6.45, 7) is 7.54. The minimum atomic E-state index is -0.180. The maximum atomic E-state index is 11.4. The summed E-state index contributed by atoms with van der Waals surface area (Å²) < 4.78 is 2.04. The molecule has 1 aromatic heterocycles. The Hall–Kier alpha value is -1.52. The molecule has 2 N–H and O–H groups in total. The molecule has 0 unspecified atom stereocenters. The van der Waals surface area contributed by atoms with Crippen LogP contribution in [-0.2, 0) is 6.54 Å². The molecule has 0 bridgehead atoms. The van der Waals surface area contributed by atoms with Gasteiger partial charge < -0.3 is 15.2 Å². The highest BCUT2D eigenvalue weighted by atomic mass is 16.2. The highest BCUT2D eigenvalue weighted by molar-refractivity contribution is 5.74. The molecule has 0 spiro atoms. The molecule has 0 saturated carbocycles. The Morgan fingerprint density at radius 3 is 2.71 bits per heavy atom. The third-order valence-corrected chi connectivity index (χ3v) is 2.18. The summed E-state index contributed by atoms with van der Waals surface area (Å²) in [5.74, 6) is 0. The first-order valence-corrected chi connectivity index (χ1v) is 5.99. The summed E-state index contributed by atoms with van der Waals surface area (Å²) >= 11 is 0. The van der Waals surface area contributed by atoms with Crippen molar-refractivity contribution < 1.29 is 4.79 Å². The van der Waals surface area contributed by atoms with Crippen LogP contribution in [0.25, 0.3) is 0 Å². The number of amides is 2. The number of aryl methyl sites for hydroxylation is 1. The van der Waals surface area contributed by atoms with Crippen LogP contribution in [0.15, 0.2) is 18.7 Å². The predicted octanol–water partition coefficient (Wildman–Crippen LogP) is 1.76. The van der Waals surface area contributed by atoms with Crippen molar-refractivity contribution in [2.75, 3.05) is 6.54 Å². The lowest BCUT2D eigenvalue weighted by Crippen LogP contribution is -2.46. The van der Waals surface area contributed by atoms with Crippen LogP contribution in [0, 0.1) is 0 Å². The maximum absolute atomic E-state index is 11.4. The fourth-order valence-corrected chi connectivity index (χ4v) is 1.43. The van der Waals surface area contributed by atoms with Gasteiger partial charge in [0.15, 0.2) is 0 Å². The SMILES string of the molecule is CC(C)(C)NC(=O)NCCCCn1ccnc1. The second-order valence-electron chi connectivity index (χ2n) is 5.14. The largest absolute Gasteiger partial charge is 0.338 e. The quantitative estimate of drug-likeness (QED) is 0.768. The minimum absolute atomic E-state index is 0.0971. The molecular formula is C12H22N4O. The monoisotopic (exact) mass is 238 g/mol. The number of nitrogens with zero attached hydrogens (tertiary/aromatic N) is 2. The number of carbonyl (C=O) groups is 1. The predicted molar refractivity (Wildman–Crippen MR) is 67.7 cm³/mol. The Kier molecular flexibility index (Phi) is 5.00. The Balaban J connectivity index is 2.02. The third kappa shape index (κ3) is 6.60. The normalized spacial score (nSPS) is 11.2. The molecule has 0 aliphatic carbocycles. The van der Waals surface area contributed by atoms with Crippen LogP contribution < -0.4 is 10.6 Å². The van der Waals surface area contributed by atoms with E-state index in [2.05, 4.69) is 15.6 Å². The molecule has 5 heteroatoms. The molecule has 17 heavy (non-hydrogen) atoms. The fraction of sp³-hybridized carbons (Fsp3) is 0.667. The van der Waals surface area contributed by atoms with Gasteiger partial charge in [-0.15, -0.1) is 0 Å². The number of hydrogen-bond donors (Lipinski definition) is 2. The average molecular weight is 238 g/mol. The average Bonchev–Trinajstić information content (AvgIpc) is 2.67. The Morgan fingerprint density at radius 2 is 2.12 bits per heavy atom. The molecule has 0 saturated heterocycles. The van der Waals surface area contributed by atoms with Crippen molar-refractivity contribution >= 4 is 6.03 Å². The number of unbranched alkanes of at least 4 members (excludes halogenated alkanes) is 1. The summed E-state index contributed by atoms with van der Waals surface area (Å²) in [4.78, 5) is 15.4. The number of rotatable bonds is 5. The van der Waals surface area contributed by atoms with Gasteiger partial charge in [0.1, 0.15) is 0 Å². The topological polar surface area (TPSA) is 59.0 Å². The van der Waals surface area contributed by atoms with Gasteiger partial charge in [-0.2, -0.15) is 0 Å². The zero-order chi connectivity index (χ0) is 12.7. The smallest absolute Gasteiger partial charge is 0.315 e. The number of carbonyl (C=O) groups excluding carboxylic acids is 1. The van der Waals surface area contributed by atoms with Crippen LogP contribution in [0.4, 0.5) is 4.79 Å². The number of hydrogen-bond acceptors (Lipinski definition) is 2. The van der Waals surface area contributed by atoms with Gasteiger partial charge in [-0.3, -0.25) is 0 Å². The molecule has 0 aromatic carbocycles. The number of nitrogens with one attached hydrogen (secondary N) is 2. The van der Waals surface area contributed by atoms with E-state index in [-0.39, 0.29) is 11.6 Å². The van der Waals surface area contributed by atoms with Gasteiger partial charge in [-0.05, 0) is 33.6 Å². The van der Waals surface area contributed by atoms with E-state index < -0.39 is 0 Å². The van der Waals surface area contributed by atoms with Crippen molar-refractivity contribution in [3.8, 4) is 0 Å². The Bertz CT molecular complexity index is 327. The van der Waals surface area contributed by atoms with E-state index in [1.807, 2.05) is 31.5 Å². The van der Waals surface area contributed by atoms with E-state index in [0.29, 0.717) is 6.54 Å². The van der Waals surface area contributed by atoms with Gasteiger partial charge >= 0.3 is 6.03 Å². The van der Waals surface area contributed by atoms with Crippen LogP contribution in [-0.4, -0.2) is 27.7 Å². The van der Waals surface area contributed by atoms with Crippen LogP contribution in [0.5, 0.6) is 0 Å². The van der Waals surface area contributed by atoms with Gasteiger partial charge in [-0.1, -0.05) is 0 Å². The van der Waals surface area contributed by atoms with Gasteiger partial charge in [0.05, 0.1) is 6.33 Å². The minimum Gasteiger partial charge on any atom is -0.338 e. The van der Waals surface area contributed by atoms with Gasteiger partial charge in [0, 0.05) is 31.0 Å². The molecule has 5 nitrogen and oxygen atoms in total. The molecule has 2 amide bonds. The van der Waals surface area contributed by atoms with Crippen molar-refractivity contribution in [3.63, 3.8) is 0 Å². The first kappa shape index (κ1) is 13.5. The first-order valence-electron chi connectivity index (χ1n) is 5.99. The molecule has 1 rings (SSSR count). The molecule has 0 aliphatic rings. The van der Waals surface area contributed by atoms with E-state index in [1.54, 1.807) is 12.5 Å². The third-order valence-electron chi connectivity index (χ3n) is 2.18. The molecule has 1 heterocycles. The summed E-state index contributed by atoms with van der Waals surface area (Å²) in [5, 5.41) is 5.70. The first-order chi connectivity index (χ1) is 7.97. The molecule has 0 fully saturated rings. The van der Waals surface area contributed by atoms with E-state index >= 15 is 0 Å². The highest BCUT2D eigenvalue weighted by Gasteiger charge is 2.12. The lowest BCUT2D eigenvalue weighted by atomic mass is 10.1. The zero-order valence-corrected chi connectivity index (χ0v) is 10.9. The van der Waals surface area contributed by atoms with Crippen molar-refractivity contribution in [1.82, 2.24) is 20.2 Å². The second-order valence-corrected chi connectivity index (χ2v) is 5.14. The van der Waals surface area contributed by atoms with E-state index in [9.17, 15) is 4.79 Å². The Morgan fingerprint density at radius 1 is 1.35 bits per heavy atom. The van der Waals surface area contributed by atoms with Gasteiger partial charge in [0.2, 0.25) is 0 Å². The maximum Gasteiger partial charge on any atom is 0.315 e. The molecule has 1 aromatic rings. The summed E-state index contributed by atoms with van der Waals surface area (Å²) in [6, 6.07) is -0.0971. The zero-order valence-electron chi connectivity index (χ0n) is 10.9. The molecule has 0 aliphatic heterocycles. The van der Waals surface area contributed by atoms with Crippen molar-refractivity contribution in [2.45, 2.75) is 45.7 Å². The molecule has 0 atom stereocenters. The van der Waals surface area contributed by atoms with Crippen LogP contribution >= 0.6 is 0 Å². The number of urea groups is 1. The lowest BCUT2D eigenvalue weighted by molar-refractivity contribution is 0.232. The second kappa shape index (κ2) is 6.27. The van der Waals surface area contributed by atoms with Gasteiger partial charge in [-0.25, -0.2) is 9.78 Å². The standard InChI is InChI=1S/C12H22N4O/c1-12(2,3)15-11(17)14-6-4-5-8-16-9-7-13-10-16/h7,9-10H,4-6,8H2,1-3H3,(H2,14,15,17). The number of aromatic nitrogens is 2.